The lowest BCUT2D eigenvalue weighted by atomic mass is 10.3. The van der Waals surface area contributed by atoms with Crippen molar-refractivity contribution in [2.75, 3.05) is 33.3 Å². The molecule has 31 heavy (non-hydrogen) atoms. The smallest absolute Gasteiger partial charge is 0.323 e. The van der Waals surface area contributed by atoms with Crippen LogP contribution in [0.5, 0.6) is 0 Å². The Kier molecular flexibility index (Phi) is 9.92. The fourth-order valence-corrected chi connectivity index (χ4v) is 4.52. The monoisotopic (exact) mass is 460 g/mol. The molecule has 176 valence electrons. The largest absolute Gasteiger partial charge is 0.465 e. The number of carbonyl (C=O) groups is 1. The minimum atomic E-state index is -3.41. The number of methoxy groups -OCH3 is 1. The molecule has 2 unspecified atom stereocenters. The summed E-state index contributed by atoms with van der Waals surface area (Å²) in [6.07, 6.45) is 2.58. The first-order chi connectivity index (χ1) is 14.8. The highest BCUT2D eigenvalue weighted by molar-refractivity contribution is 7.56. The Bertz CT molecular complexity index is 801. The molecule has 1 aliphatic rings. The maximum absolute atomic E-state index is 13.2. The average molecular weight is 460 g/mol. The molecule has 4 N–H and O–H groups in total. The van der Waals surface area contributed by atoms with Gasteiger partial charge in [0.05, 0.1) is 26.1 Å². The van der Waals surface area contributed by atoms with Gasteiger partial charge in [-0.15, -0.1) is 0 Å². The van der Waals surface area contributed by atoms with Crippen LogP contribution in [-0.4, -0.2) is 60.8 Å². The van der Waals surface area contributed by atoms with E-state index in [2.05, 4.69) is 20.4 Å². The molecule has 12 nitrogen and oxygen atoms in total. The number of carbonyl (C=O) groups excluding carboxylic acids is 1. The average Bonchev–Trinajstić information content (AvgIpc) is 3.13. The number of nitrogens with one attached hydrogen (secondary N) is 2. The summed E-state index contributed by atoms with van der Waals surface area (Å²) in [6, 6.07) is -0.785. The molecule has 0 saturated heterocycles. The van der Waals surface area contributed by atoms with Gasteiger partial charge in [0.25, 0.3) is 7.52 Å². The van der Waals surface area contributed by atoms with E-state index in [9.17, 15) is 9.36 Å². The molecule has 0 fully saturated rings. The predicted octanol–water partition coefficient (Wildman–Crippen LogP) is 1.60. The van der Waals surface area contributed by atoms with Crippen LogP contribution < -0.4 is 16.1 Å². The highest BCUT2D eigenvalue weighted by Gasteiger charge is 2.30. The van der Waals surface area contributed by atoms with Gasteiger partial charge in [-0.25, -0.2) is 10.1 Å². The van der Waals surface area contributed by atoms with Crippen LogP contribution in [0.3, 0.4) is 0 Å². The molecule has 0 aliphatic carbocycles. The van der Waals surface area contributed by atoms with E-state index in [0.29, 0.717) is 24.7 Å². The van der Waals surface area contributed by atoms with Crippen molar-refractivity contribution in [3.63, 3.8) is 0 Å². The molecule has 1 aromatic rings. The van der Waals surface area contributed by atoms with E-state index in [1.54, 1.807) is 31.9 Å². The van der Waals surface area contributed by atoms with Crippen LogP contribution in [-0.2, 0) is 34.6 Å². The zero-order valence-electron chi connectivity index (χ0n) is 18.5. The number of fused-ring (bicyclic) bond motifs is 1. The van der Waals surface area contributed by atoms with Crippen molar-refractivity contribution < 1.29 is 28.1 Å². The van der Waals surface area contributed by atoms with Gasteiger partial charge in [-0.05, 0) is 20.3 Å². The molecule has 1 aliphatic heterocycles. The molecule has 1 aromatic heterocycles. The Balaban J connectivity index is 1.94. The summed E-state index contributed by atoms with van der Waals surface area (Å²) in [5, 5.41) is 5.63. The standard InChI is InChI=1S/C18H33N6O6P/c1-5-7-9-30-31(26,23-13(3)17(25)29-6-2)12-28-10-8-24-11-20-14-15(24)21-18(19)22-16(14)27-4/h11,13,16H,5-10,12H2,1-4H3,(H,23,26)(H3,19,21,22)/t13-,16?,31?/m0/s1. The summed E-state index contributed by atoms with van der Waals surface area (Å²) in [4.78, 5) is 20.5. The van der Waals surface area contributed by atoms with Crippen LogP contribution in [0.4, 0.5) is 5.82 Å². The van der Waals surface area contributed by atoms with E-state index in [0.717, 1.165) is 12.8 Å². The van der Waals surface area contributed by atoms with E-state index in [1.807, 2.05) is 6.92 Å². The minimum absolute atomic E-state index is 0.189. The Labute approximate surface area is 182 Å². The summed E-state index contributed by atoms with van der Waals surface area (Å²) in [6.45, 7) is 6.46. The van der Waals surface area contributed by atoms with Gasteiger partial charge >= 0.3 is 5.97 Å². The maximum atomic E-state index is 13.2. The second-order valence-corrected chi connectivity index (χ2v) is 9.03. The van der Waals surface area contributed by atoms with E-state index >= 15 is 0 Å². The normalized spacial score (nSPS) is 18.5. The number of nitrogens with zero attached hydrogens (tertiary/aromatic N) is 3. The molecule has 0 spiro atoms. The lowest BCUT2D eigenvalue weighted by Gasteiger charge is -2.23. The number of imidazole rings is 1. The second-order valence-electron chi connectivity index (χ2n) is 6.90. The van der Waals surface area contributed by atoms with Crippen LogP contribution in [0.1, 0.15) is 45.5 Å². The van der Waals surface area contributed by atoms with Crippen molar-refractivity contribution >= 4 is 25.3 Å². The Morgan fingerprint density at radius 2 is 2.19 bits per heavy atom. The summed E-state index contributed by atoms with van der Waals surface area (Å²) < 4.78 is 36.4. The van der Waals surface area contributed by atoms with Crippen LogP contribution in [0, 0.1) is 0 Å². The van der Waals surface area contributed by atoms with Gasteiger partial charge in [0.1, 0.15) is 18.1 Å². The SMILES string of the molecule is CCCCOP(=O)(COCCn1cnc2c1N=C(N)NC2OC)N[C@@H](C)C(=O)OCC. The topological polar surface area (TPSA) is 151 Å². The Hall–Kier alpha value is -1.98. The number of rotatable bonds is 14. The second kappa shape index (κ2) is 12.2. The number of nitrogens with two attached hydrogens (primary N) is 1. The third kappa shape index (κ3) is 7.29. The fourth-order valence-electron chi connectivity index (χ4n) is 2.81. The van der Waals surface area contributed by atoms with E-state index in [4.69, 9.17) is 24.5 Å². The molecule has 2 heterocycles. The van der Waals surface area contributed by atoms with Crippen molar-refractivity contribution in [3.8, 4) is 0 Å². The number of ether oxygens (including phenoxy) is 3. The fraction of sp³-hybridized carbons (Fsp3) is 0.722. The van der Waals surface area contributed by atoms with Crippen LogP contribution in [0.15, 0.2) is 11.3 Å². The van der Waals surface area contributed by atoms with E-state index in [1.165, 1.54) is 0 Å². The van der Waals surface area contributed by atoms with Crippen molar-refractivity contribution in [1.82, 2.24) is 20.0 Å². The number of hydrogen-bond donors (Lipinski definition) is 3. The molecule has 0 saturated carbocycles. The Morgan fingerprint density at radius 3 is 2.87 bits per heavy atom. The van der Waals surface area contributed by atoms with Gasteiger partial charge in [0.15, 0.2) is 18.0 Å². The first kappa shape index (κ1) is 25.3. The lowest BCUT2D eigenvalue weighted by molar-refractivity contribution is -0.144. The number of guanidine groups is 1. The van der Waals surface area contributed by atoms with E-state index in [-0.39, 0.29) is 25.5 Å². The molecule has 0 radical (unpaired) electrons. The third-order valence-electron chi connectivity index (χ3n) is 4.39. The predicted molar refractivity (Wildman–Crippen MR) is 115 cm³/mol. The maximum Gasteiger partial charge on any atom is 0.323 e. The third-order valence-corrected chi connectivity index (χ3v) is 6.30. The van der Waals surface area contributed by atoms with Gasteiger partial charge in [-0.3, -0.25) is 9.36 Å². The highest BCUT2D eigenvalue weighted by atomic mass is 31.2. The number of unbranched alkanes of at least 4 members (excludes halogenated alkanes) is 1. The summed E-state index contributed by atoms with van der Waals surface area (Å²) >= 11 is 0. The highest BCUT2D eigenvalue weighted by Crippen LogP contribution is 2.43. The van der Waals surface area contributed by atoms with Crippen molar-refractivity contribution in [3.05, 3.63) is 12.0 Å². The van der Waals surface area contributed by atoms with E-state index < -0.39 is 25.8 Å². The van der Waals surface area contributed by atoms with Gasteiger partial charge in [0, 0.05) is 13.7 Å². The number of hydrogen-bond acceptors (Lipinski definition) is 10. The molecule has 0 amide bonds. The number of esters is 1. The first-order valence-corrected chi connectivity index (χ1v) is 12.1. The zero-order valence-corrected chi connectivity index (χ0v) is 19.4. The lowest BCUT2D eigenvalue weighted by Crippen LogP contribution is -2.38. The van der Waals surface area contributed by atoms with Crippen LogP contribution in [0.25, 0.3) is 0 Å². The minimum Gasteiger partial charge on any atom is -0.465 e. The molecule has 13 heteroatoms. The number of aliphatic imine (C=N–C) groups is 1. The molecule has 3 atom stereocenters. The first-order valence-electron chi connectivity index (χ1n) is 10.3. The molecule has 0 bridgehead atoms. The molecular formula is C18H33N6O6P. The van der Waals surface area contributed by atoms with Gasteiger partial charge < -0.3 is 34.4 Å². The summed E-state index contributed by atoms with van der Waals surface area (Å²) in [5.41, 5.74) is 6.41. The summed E-state index contributed by atoms with van der Waals surface area (Å²) in [7, 11) is -1.87. The zero-order chi connectivity index (χ0) is 22.9. The van der Waals surface area contributed by atoms with Gasteiger partial charge in [0.2, 0.25) is 0 Å². The van der Waals surface area contributed by atoms with Gasteiger partial charge in [-0.1, -0.05) is 13.3 Å². The van der Waals surface area contributed by atoms with Crippen molar-refractivity contribution in [2.45, 2.75) is 52.4 Å². The van der Waals surface area contributed by atoms with Crippen molar-refractivity contribution in [2.24, 2.45) is 10.7 Å². The van der Waals surface area contributed by atoms with Crippen LogP contribution >= 0.6 is 7.52 Å². The van der Waals surface area contributed by atoms with Crippen molar-refractivity contribution in [1.29, 1.82) is 0 Å². The summed E-state index contributed by atoms with van der Waals surface area (Å²) in [5.74, 6) is 0.305. The molecule has 2 rings (SSSR count). The quantitative estimate of drug-likeness (QED) is 0.212. The number of aromatic nitrogens is 2. The van der Waals surface area contributed by atoms with Crippen LogP contribution in [0.2, 0.25) is 0 Å². The Morgan fingerprint density at radius 1 is 1.42 bits per heavy atom. The molecule has 0 aromatic carbocycles. The van der Waals surface area contributed by atoms with Gasteiger partial charge in [-0.2, -0.15) is 4.99 Å². The molecular weight excluding hydrogens is 427 g/mol.